The van der Waals surface area contributed by atoms with E-state index in [1.165, 1.54) is 0 Å². The van der Waals surface area contributed by atoms with Crippen molar-refractivity contribution in [1.29, 1.82) is 0 Å². The topological polar surface area (TPSA) is 52.0 Å². The monoisotopic (exact) mass is 150 g/mol. The first kappa shape index (κ1) is 7.88. The summed E-state index contributed by atoms with van der Waals surface area (Å²) in [6, 6.07) is -0.836. The molecule has 0 aromatic rings. The first-order valence-corrected chi connectivity index (χ1v) is 3.38. The summed E-state index contributed by atoms with van der Waals surface area (Å²) in [6.45, 7) is 0. The molecule has 2 nitrogen and oxygen atoms in total. The fourth-order valence-corrected chi connectivity index (χ4v) is 1.41. The van der Waals surface area contributed by atoms with Crippen LogP contribution in [0, 0.1) is 0 Å². The normalized spacial score (nSPS) is 39.6. The Labute approximate surface area is 58.6 Å². The van der Waals surface area contributed by atoms with Crippen molar-refractivity contribution in [2.24, 2.45) is 11.5 Å². The van der Waals surface area contributed by atoms with Crippen LogP contribution in [0.5, 0.6) is 0 Å². The summed E-state index contributed by atoms with van der Waals surface area (Å²) in [5.74, 6) is -2.63. The summed E-state index contributed by atoms with van der Waals surface area (Å²) in [7, 11) is 0. The third-order valence-electron chi connectivity index (χ3n) is 1.73. The summed E-state index contributed by atoms with van der Waals surface area (Å²) in [5.41, 5.74) is 10.7. The number of hydrogen-bond acceptors (Lipinski definition) is 2. The van der Waals surface area contributed by atoms with Crippen molar-refractivity contribution < 1.29 is 8.78 Å². The molecule has 2 atom stereocenters. The van der Waals surface area contributed by atoms with Crippen molar-refractivity contribution in [1.82, 2.24) is 0 Å². The molecule has 0 aromatic carbocycles. The average Bonchev–Trinajstić information content (AvgIpc) is 1.54. The van der Waals surface area contributed by atoms with Crippen LogP contribution in [0.3, 0.4) is 0 Å². The fraction of sp³-hybridized carbons (Fsp3) is 1.00. The molecule has 1 saturated carbocycles. The molecule has 0 radical (unpaired) electrons. The summed E-state index contributed by atoms with van der Waals surface area (Å²) in [5, 5.41) is 0. The van der Waals surface area contributed by atoms with Gasteiger partial charge in [-0.1, -0.05) is 0 Å². The Morgan fingerprint density at radius 1 is 1.10 bits per heavy atom. The first-order chi connectivity index (χ1) is 4.49. The number of nitrogens with two attached hydrogens (primary N) is 2. The quantitative estimate of drug-likeness (QED) is 0.527. The Morgan fingerprint density at radius 3 is 1.80 bits per heavy atom. The Morgan fingerprint density at radius 2 is 1.50 bits per heavy atom. The van der Waals surface area contributed by atoms with Gasteiger partial charge in [0.15, 0.2) is 0 Å². The Bertz CT molecular complexity index is 115. The molecule has 4 N–H and O–H groups in total. The van der Waals surface area contributed by atoms with Gasteiger partial charge in [-0.15, -0.1) is 0 Å². The highest BCUT2D eigenvalue weighted by atomic mass is 19.3. The van der Waals surface area contributed by atoms with E-state index in [2.05, 4.69) is 0 Å². The van der Waals surface area contributed by atoms with Gasteiger partial charge < -0.3 is 11.5 Å². The Balaban J connectivity index is 2.51. The molecule has 0 saturated heterocycles. The van der Waals surface area contributed by atoms with E-state index in [4.69, 9.17) is 11.5 Å². The zero-order valence-corrected chi connectivity index (χ0v) is 5.69. The smallest absolute Gasteiger partial charge is 0.251 e. The van der Waals surface area contributed by atoms with Crippen molar-refractivity contribution in [3.63, 3.8) is 0 Å². The predicted octanol–water partition coefficient (Wildman–Crippen LogP) is 0.460. The molecular formula is C6H12F2N2. The minimum atomic E-state index is -2.63. The van der Waals surface area contributed by atoms with E-state index in [0.717, 1.165) is 0 Å². The Hall–Kier alpha value is -0.220. The molecule has 4 heteroatoms. The van der Waals surface area contributed by atoms with Crippen molar-refractivity contribution in [3.8, 4) is 0 Å². The van der Waals surface area contributed by atoms with Gasteiger partial charge in [-0.05, 0) is 6.42 Å². The van der Waals surface area contributed by atoms with E-state index >= 15 is 0 Å². The second-order valence-electron chi connectivity index (χ2n) is 3.02. The highest BCUT2D eigenvalue weighted by Gasteiger charge is 2.38. The van der Waals surface area contributed by atoms with Crippen LogP contribution in [0.4, 0.5) is 8.78 Å². The van der Waals surface area contributed by atoms with Crippen molar-refractivity contribution in [3.05, 3.63) is 0 Å². The molecular weight excluding hydrogens is 138 g/mol. The van der Waals surface area contributed by atoms with Gasteiger partial charge in [-0.2, -0.15) is 0 Å². The predicted molar refractivity (Wildman–Crippen MR) is 34.7 cm³/mol. The standard InChI is InChI=1S/C6H12F2N2/c7-6(8)2-4(9)1-5(10)3-6/h4-5H,1-3,9-10H2/t4-,5+. The molecule has 0 aromatic heterocycles. The van der Waals surface area contributed by atoms with E-state index in [1.807, 2.05) is 0 Å². The highest BCUT2D eigenvalue weighted by molar-refractivity contribution is 4.87. The molecule has 1 rings (SSSR count). The molecule has 1 fully saturated rings. The Kier molecular flexibility index (Phi) is 1.92. The van der Waals surface area contributed by atoms with Crippen LogP contribution >= 0.6 is 0 Å². The van der Waals surface area contributed by atoms with E-state index in [1.54, 1.807) is 0 Å². The summed E-state index contributed by atoms with van der Waals surface area (Å²) in [6.07, 6.45) is 0.108. The lowest BCUT2D eigenvalue weighted by atomic mass is 9.89. The van der Waals surface area contributed by atoms with Gasteiger partial charge in [0.25, 0.3) is 5.92 Å². The number of rotatable bonds is 0. The molecule has 0 bridgehead atoms. The molecule has 0 heterocycles. The molecule has 1 aliphatic carbocycles. The lowest BCUT2D eigenvalue weighted by Gasteiger charge is -2.30. The van der Waals surface area contributed by atoms with Crippen molar-refractivity contribution in [2.75, 3.05) is 0 Å². The van der Waals surface area contributed by atoms with Crippen molar-refractivity contribution in [2.45, 2.75) is 37.3 Å². The van der Waals surface area contributed by atoms with Crippen molar-refractivity contribution >= 4 is 0 Å². The highest BCUT2D eigenvalue weighted by Crippen LogP contribution is 2.31. The third-order valence-corrected chi connectivity index (χ3v) is 1.73. The molecule has 0 unspecified atom stereocenters. The minimum absolute atomic E-state index is 0.208. The van der Waals surface area contributed by atoms with E-state index < -0.39 is 18.0 Å². The van der Waals surface area contributed by atoms with Crippen LogP contribution in [0.25, 0.3) is 0 Å². The molecule has 1 aliphatic rings. The van der Waals surface area contributed by atoms with Crippen LogP contribution < -0.4 is 11.5 Å². The number of alkyl halides is 2. The van der Waals surface area contributed by atoms with E-state index in [9.17, 15) is 8.78 Å². The molecule has 0 amide bonds. The summed E-state index contributed by atoms with van der Waals surface area (Å²) < 4.78 is 25.1. The van der Waals surface area contributed by atoms with Crippen LogP contribution in [-0.2, 0) is 0 Å². The largest absolute Gasteiger partial charge is 0.327 e. The van der Waals surface area contributed by atoms with E-state index in [-0.39, 0.29) is 12.8 Å². The zero-order valence-electron chi connectivity index (χ0n) is 5.69. The first-order valence-electron chi connectivity index (χ1n) is 3.38. The van der Waals surface area contributed by atoms with Gasteiger partial charge in [0.2, 0.25) is 0 Å². The van der Waals surface area contributed by atoms with Crippen LogP contribution in [0.2, 0.25) is 0 Å². The van der Waals surface area contributed by atoms with Gasteiger partial charge in [0.05, 0.1) is 0 Å². The lowest BCUT2D eigenvalue weighted by molar-refractivity contribution is -0.0455. The molecule has 0 aliphatic heterocycles. The lowest BCUT2D eigenvalue weighted by Crippen LogP contribution is -2.45. The molecule has 0 spiro atoms. The SMILES string of the molecule is N[C@@H]1C[C@H](N)CC(F)(F)C1. The van der Waals surface area contributed by atoms with Gasteiger partial charge >= 0.3 is 0 Å². The van der Waals surface area contributed by atoms with Crippen LogP contribution in [0.1, 0.15) is 19.3 Å². The summed E-state index contributed by atoms with van der Waals surface area (Å²) in [4.78, 5) is 0. The number of halogens is 2. The maximum absolute atomic E-state index is 12.5. The average molecular weight is 150 g/mol. The zero-order chi connectivity index (χ0) is 7.78. The van der Waals surface area contributed by atoms with Gasteiger partial charge in [-0.25, -0.2) is 8.78 Å². The summed E-state index contributed by atoms with van der Waals surface area (Å²) >= 11 is 0. The molecule has 60 valence electrons. The second-order valence-corrected chi connectivity index (χ2v) is 3.02. The van der Waals surface area contributed by atoms with Crippen LogP contribution in [-0.4, -0.2) is 18.0 Å². The maximum Gasteiger partial charge on any atom is 0.251 e. The maximum atomic E-state index is 12.5. The third kappa shape index (κ3) is 1.88. The van der Waals surface area contributed by atoms with Gasteiger partial charge in [-0.3, -0.25) is 0 Å². The number of hydrogen-bond donors (Lipinski definition) is 2. The van der Waals surface area contributed by atoms with Gasteiger partial charge in [0, 0.05) is 24.9 Å². The molecule has 10 heavy (non-hydrogen) atoms. The second kappa shape index (κ2) is 2.43. The minimum Gasteiger partial charge on any atom is -0.327 e. The van der Waals surface area contributed by atoms with Crippen LogP contribution in [0.15, 0.2) is 0 Å². The van der Waals surface area contributed by atoms with Gasteiger partial charge in [0.1, 0.15) is 0 Å². The fourth-order valence-electron chi connectivity index (χ4n) is 1.41. The van der Waals surface area contributed by atoms with E-state index in [0.29, 0.717) is 6.42 Å².